The van der Waals surface area contributed by atoms with Crippen molar-refractivity contribution in [2.24, 2.45) is 0 Å². The van der Waals surface area contributed by atoms with Crippen LogP contribution < -0.4 is 0 Å². The molecule has 96 valence electrons. The fourth-order valence-corrected chi connectivity index (χ4v) is 2.16. The van der Waals surface area contributed by atoms with E-state index >= 15 is 0 Å². The van der Waals surface area contributed by atoms with E-state index in [0.717, 1.165) is 12.8 Å². The second-order valence-corrected chi connectivity index (χ2v) is 5.28. The first kappa shape index (κ1) is 16.0. The summed E-state index contributed by atoms with van der Waals surface area (Å²) in [6, 6.07) is 0. The topological polar surface area (TPSA) is 26.3 Å². The zero-order valence-corrected chi connectivity index (χ0v) is 12.0. The lowest BCUT2D eigenvalue weighted by atomic mass is 10.1. The van der Waals surface area contributed by atoms with Gasteiger partial charge in [-0.3, -0.25) is 4.79 Å². The Kier molecular flexibility index (Phi) is 13.0. The smallest absolute Gasteiger partial charge is 0.294 e. The minimum atomic E-state index is -0.0884. The van der Waals surface area contributed by atoms with Crippen molar-refractivity contribution in [3.05, 3.63) is 0 Å². The fourth-order valence-electron chi connectivity index (χ4n) is 1.74. The summed E-state index contributed by atoms with van der Waals surface area (Å²) >= 11 is 3.30. The summed E-state index contributed by atoms with van der Waals surface area (Å²) in [4.78, 5) is 10.0. The standard InChI is InChI=1S/C13H25BrO2/c1-2-3-4-5-6-7-8-9-10-11-13(14)16-12-15/h12-13H,2-11H2,1H3. The van der Waals surface area contributed by atoms with Crippen molar-refractivity contribution in [1.29, 1.82) is 0 Å². The predicted molar refractivity (Wildman–Crippen MR) is 71.7 cm³/mol. The zero-order valence-electron chi connectivity index (χ0n) is 10.4. The van der Waals surface area contributed by atoms with E-state index in [2.05, 4.69) is 22.9 Å². The fraction of sp³-hybridized carbons (Fsp3) is 0.923. The first-order valence-corrected chi connectivity index (χ1v) is 7.46. The Balaban J connectivity index is 3.00. The minimum Gasteiger partial charge on any atom is -0.453 e. The second kappa shape index (κ2) is 13.0. The van der Waals surface area contributed by atoms with Gasteiger partial charge in [0.1, 0.15) is 0 Å². The van der Waals surface area contributed by atoms with E-state index < -0.39 is 0 Å². The Morgan fingerprint density at radius 1 is 1.00 bits per heavy atom. The van der Waals surface area contributed by atoms with Crippen LogP contribution in [0, 0.1) is 0 Å². The van der Waals surface area contributed by atoms with Crippen LogP contribution in [0.1, 0.15) is 71.1 Å². The largest absolute Gasteiger partial charge is 0.453 e. The molecule has 0 aromatic rings. The Bertz CT molecular complexity index is 151. The number of carbonyl (C=O) groups excluding carboxylic acids is 1. The number of halogens is 1. The molecular weight excluding hydrogens is 268 g/mol. The van der Waals surface area contributed by atoms with E-state index in [1.807, 2.05) is 0 Å². The van der Waals surface area contributed by atoms with Gasteiger partial charge in [-0.05, 0) is 28.8 Å². The number of unbranched alkanes of at least 4 members (excludes halogenated alkanes) is 8. The quantitative estimate of drug-likeness (QED) is 0.293. The van der Waals surface area contributed by atoms with Crippen LogP contribution in [0.3, 0.4) is 0 Å². The third-order valence-electron chi connectivity index (χ3n) is 2.74. The molecule has 0 aliphatic carbocycles. The Morgan fingerprint density at radius 2 is 1.50 bits per heavy atom. The van der Waals surface area contributed by atoms with Crippen molar-refractivity contribution in [3.8, 4) is 0 Å². The summed E-state index contributed by atoms with van der Waals surface area (Å²) < 4.78 is 4.75. The minimum absolute atomic E-state index is 0.0884. The summed E-state index contributed by atoms with van der Waals surface area (Å²) in [7, 11) is 0. The Morgan fingerprint density at radius 3 is 2.00 bits per heavy atom. The molecule has 0 aromatic carbocycles. The van der Waals surface area contributed by atoms with Crippen molar-refractivity contribution in [3.63, 3.8) is 0 Å². The number of hydrogen-bond donors (Lipinski definition) is 0. The molecule has 16 heavy (non-hydrogen) atoms. The molecule has 2 nitrogen and oxygen atoms in total. The van der Waals surface area contributed by atoms with E-state index in [-0.39, 0.29) is 5.01 Å². The van der Waals surface area contributed by atoms with Gasteiger partial charge in [0.05, 0.1) is 0 Å². The molecule has 1 unspecified atom stereocenters. The van der Waals surface area contributed by atoms with Gasteiger partial charge in [0, 0.05) is 0 Å². The number of ether oxygens (including phenoxy) is 1. The molecule has 0 saturated heterocycles. The number of carbonyl (C=O) groups is 1. The summed E-state index contributed by atoms with van der Waals surface area (Å²) in [5.74, 6) is 0. The van der Waals surface area contributed by atoms with Crippen LogP contribution in [0.4, 0.5) is 0 Å². The van der Waals surface area contributed by atoms with Gasteiger partial charge in [-0.2, -0.15) is 0 Å². The molecule has 3 heteroatoms. The molecule has 0 aliphatic rings. The van der Waals surface area contributed by atoms with Gasteiger partial charge in [-0.25, -0.2) is 0 Å². The average molecular weight is 293 g/mol. The van der Waals surface area contributed by atoms with Crippen molar-refractivity contribution in [2.75, 3.05) is 0 Å². The number of rotatable bonds is 12. The van der Waals surface area contributed by atoms with Crippen LogP contribution in [-0.2, 0) is 9.53 Å². The van der Waals surface area contributed by atoms with E-state index in [9.17, 15) is 4.79 Å². The molecule has 0 spiro atoms. The molecule has 0 aromatic heterocycles. The van der Waals surface area contributed by atoms with Gasteiger partial charge in [-0.1, -0.05) is 58.3 Å². The van der Waals surface area contributed by atoms with Crippen LogP contribution in [0.5, 0.6) is 0 Å². The van der Waals surface area contributed by atoms with Crippen LogP contribution >= 0.6 is 15.9 Å². The maximum atomic E-state index is 10.0. The van der Waals surface area contributed by atoms with Crippen LogP contribution in [-0.4, -0.2) is 11.5 Å². The van der Waals surface area contributed by atoms with Gasteiger partial charge in [0.25, 0.3) is 6.47 Å². The molecule has 0 fully saturated rings. The van der Waals surface area contributed by atoms with E-state index in [4.69, 9.17) is 4.74 Å². The molecule has 0 amide bonds. The highest BCUT2D eigenvalue weighted by Crippen LogP contribution is 2.14. The van der Waals surface area contributed by atoms with E-state index in [0.29, 0.717) is 6.47 Å². The molecule has 0 bridgehead atoms. The maximum absolute atomic E-state index is 10.0. The normalized spacial score (nSPS) is 12.4. The summed E-state index contributed by atoms with van der Waals surface area (Å²) in [6.07, 6.45) is 12.8. The van der Waals surface area contributed by atoms with Crippen LogP contribution in [0.2, 0.25) is 0 Å². The first-order valence-electron chi connectivity index (χ1n) is 6.54. The highest BCUT2D eigenvalue weighted by molar-refractivity contribution is 9.09. The van der Waals surface area contributed by atoms with Gasteiger partial charge in [-0.15, -0.1) is 0 Å². The Hall–Kier alpha value is -0.0500. The van der Waals surface area contributed by atoms with Gasteiger partial charge in [0.15, 0.2) is 5.01 Å². The average Bonchev–Trinajstić information content (AvgIpc) is 2.27. The van der Waals surface area contributed by atoms with Gasteiger partial charge < -0.3 is 4.74 Å². The van der Waals surface area contributed by atoms with E-state index in [1.54, 1.807) is 0 Å². The molecule has 0 saturated carbocycles. The summed E-state index contributed by atoms with van der Waals surface area (Å²) in [6.45, 7) is 2.76. The molecule has 0 rings (SSSR count). The van der Waals surface area contributed by atoms with Crippen molar-refractivity contribution >= 4 is 22.4 Å². The molecule has 0 N–H and O–H groups in total. The Labute approximate surface area is 108 Å². The highest BCUT2D eigenvalue weighted by Gasteiger charge is 2.02. The van der Waals surface area contributed by atoms with Crippen molar-refractivity contribution in [1.82, 2.24) is 0 Å². The number of alkyl halides is 1. The first-order chi connectivity index (χ1) is 7.81. The highest BCUT2D eigenvalue weighted by atomic mass is 79.9. The second-order valence-electron chi connectivity index (χ2n) is 4.26. The predicted octanol–water partition coefficient (Wildman–Crippen LogP) is 4.80. The third-order valence-corrected chi connectivity index (χ3v) is 3.41. The monoisotopic (exact) mass is 292 g/mol. The molecule has 0 heterocycles. The van der Waals surface area contributed by atoms with Crippen molar-refractivity contribution < 1.29 is 9.53 Å². The molecule has 1 atom stereocenters. The summed E-state index contributed by atoms with van der Waals surface area (Å²) in [5.41, 5.74) is 0. The molecule has 0 aliphatic heterocycles. The SMILES string of the molecule is CCCCCCCCCCCC(Br)OC=O. The van der Waals surface area contributed by atoms with E-state index in [1.165, 1.54) is 51.4 Å². The van der Waals surface area contributed by atoms with Crippen LogP contribution in [0.25, 0.3) is 0 Å². The van der Waals surface area contributed by atoms with Gasteiger partial charge >= 0.3 is 0 Å². The van der Waals surface area contributed by atoms with Crippen molar-refractivity contribution in [2.45, 2.75) is 76.1 Å². The molecular formula is C13H25BrO2. The zero-order chi connectivity index (χ0) is 12.1. The summed E-state index contributed by atoms with van der Waals surface area (Å²) in [5, 5.41) is -0.0884. The third kappa shape index (κ3) is 12.0. The van der Waals surface area contributed by atoms with Gasteiger partial charge in [0.2, 0.25) is 0 Å². The lowest BCUT2D eigenvalue weighted by molar-refractivity contribution is -0.129. The van der Waals surface area contributed by atoms with Crippen LogP contribution in [0.15, 0.2) is 0 Å². The lowest BCUT2D eigenvalue weighted by Crippen LogP contribution is -2.01. The maximum Gasteiger partial charge on any atom is 0.294 e. The lowest BCUT2D eigenvalue weighted by Gasteiger charge is -2.06. The molecule has 0 radical (unpaired) electrons. The number of hydrogen-bond acceptors (Lipinski definition) is 2.